The summed E-state index contributed by atoms with van der Waals surface area (Å²) in [5.41, 5.74) is 0.769. The number of piperidine rings is 1. The molecule has 30 heavy (non-hydrogen) atoms. The molecular formula is C23H30N4O3. The van der Waals surface area contributed by atoms with E-state index in [1.807, 2.05) is 45.7 Å². The summed E-state index contributed by atoms with van der Waals surface area (Å²) in [6.07, 6.45) is 5.29. The molecule has 160 valence electrons. The van der Waals surface area contributed by atoms with Crippen LogP contribution in [0.15, 0.2) is 42.7 Å². The molecule has 0 bridgehead atoms. The third-order valence-corrected chi connectivity index (χ3v) is 6.42. The van der Waals surface area contributed by atoms with E-state index in [0.29, 0.717) is 52.0 Å². The van der Waals surface area contributed by atoms with Crippen molar-refractivity contribution in [1.82, 2.24) is 19.4 Å². The van der Waals surface area contributed by atoms with Gasteiger partial charge >= 0.3 is 6.09 Å². The molecule has 1 unspecified atom stereocenters. The van der Waals surface area contributed by atoms with Gasteiger partial charge < -0.3 is 19.1 Å². The SMILES string of the molecule is Cc1nccn1CCC(=O)N1CCC2(CC1)CN(CC(C)c1ccccc1)C(=O)O2. The van der Waals surface area contributed by atoms with Crippen LogP contribution in [-0.4, -0.2) is 63.1 Å². The van der Waals surface area contributed by atoms with Gasteiger partial charge in [-0.25, -0.2) is 9.78 Å². The summed E-state index contributed by atoms with van der Waals surface area (Å²) >= 11 is 0. The predicted octanol–water partition coefficient (Wildman–Crippen LogP) is 3.20. The van der Waals surface area contributed by atoms with Gasteiger partial charge in [-0.05, 0) is 18.4 Å². The molecule has 2 aliphatic heterocycles. The molecule has 2 aromatic rings. The molecule has 1 aromatic heterocycles. The van der Waals surface area contributed by atoms with E-state index in [1.54, 1.807) is 6.20 Å². The van der Waals surface area contributed by atoms with Gasteiger partial charge in [0.2, 0.25) is 5.91 Å². The zero-order chi connectivity index (χ0) is 21.1. The normalized spacial score (nSPS) is 19.2. The third kappa shape index (κ3) is 4.35. The first-order valence-electron chi connectivity index (χ1n) is 10.7. The third-order valence-electron chi connectivity index (χ3n) is 6.42. The van der Waals surface area contributed by atoms with Gasteiger partial charge in [-0.15, -0.1) is 0 Å². The highest BCUT2D eigenvalue weighted by Gasteiger charge is 2.47. The standard InChI is InChI=1S/C23H30N4O3/c1-18(20-6-4-3-5-7-20)16-27-17-23(30-22(27)29)9-13-26(14-10-23)21(28)8-12-25-15-11-24-19(25)2/h3-7,11,15,18H,8-10,12-14,16-17H2,1-2H3. The van der Waals surface area contributed by atoms with E-state index in [4.69, 9.17) is 4.74 Å². The molecule has 0 aliphatic carbocycles. The minimum Gasteiger partial charge on any atom is -0.441 e. The number of benzene rings is 1. The van der Waals surface area contributed by atoms with Gasteiger partial charge in [0.05, 0.1) is 6.54 Å². The van der Waals surface area contributed by atoms with Gasteiger partial charge in [0.15, 0.2) is 0 Å². The minimum absolute atomic E-state index is 0.150. The molecular weight excluding hydrogens is 380 g/mol. The lowest BCUT2D eigenvalue weighted by atomic mass is 9.90. The van der Waals surface area contributed by atoms with E-state index >= 15 is 0 Å². The van der Waals surface area contributed by atoms with Crippen molar-refractivity contribution in [3.05, 3.63) is 54.1 Å². The Labute approximate surface area is 177 Å². The molecule has 0 N–H and O–H groups in total. The number of carbonyl (C=O) groups excluding carboxylic acids is 2. The van der Waals surface area contributed by atoms with Crippen molar-refractivity contribution in [1.29, 1.82) is 0 Å². The summed E-state index contributed by atoms with van der Waals surface area (Å²) in [5, 5.41) is 0. The van der Waals surface area contributed by atoms with Crippen LogP contribution >= 0.6 is 0 Å². The van der Waals surface area contributed by atoms with Crippen molar-refractivity contribution < 1.29 is 14.3 Å². The number of amides is 2. The summed E-state index contributed by atoms with van der Waals surface area (Å²) in [7, 11) is 0. The quantitative estimate of drug-likeness (QED) is 0.733. The van der Waals surface area contributed by atoms with E-state index in [9.17, 15) is 9.59 Å². The molecule has 7 heteroatoms. The smallest absolute Gasteiger partial charge is 0.410 e. The molecule has 1 aromatic carbocycles. The van der Waals surface area contributed by atoms with Gasteiger partial charge in [0.25, 0.3) is 0 Å². The molecule has 1 spiro atoms. The Bertz CT molecular complexity index is 887. The second-order valence-electron chi connectivity index (χ2n) is 8.54. The highest BCUT2D eigenvalue weighted by Crippen LogP contribution is 2.34. The number of carbonyl (C=O) groups is 2. The lowest BCUT2D eigenvalue weighted by molar-refractivity contribution is -0.134. The Morgan fingerprint density at radius 3 is 2.63 bits per heavy atom. The number of hydrogen-bond acceptors (Lipinski definition) is 4. The van der Waals surface area contributed by atoms with E-state index in [2.05, 4.69) is 24.0 Å². The molecule has 0 saturated carbocycles. The Kier molecular flexibility index (Phi) is 5.79. The van der Waals surface area contributed by atoms with Crippen LogP contribution in [0.3, 0.4) is 0 Å². The van der Waals surface area contributed by atoms with Crippen LogP contribution in [0.4, 0.5) is 4.79 Å². The molecule has 0 radical (unpaired) electrons. The lowest BCUT2D eigenvalue weighted by Gasteiger charge is -2.37. The monoisotopic (exact) mass is 410 g/mol. The molecule has 1 atom stereocenters. The number of imidazole rings is 1. The fraction of sp³-hybridized carbons (Fsp3) is 0.522. The second-order valence-corrected chi connectivity index (χ2v) is 8.54. The molecule has 2 fully saturated rings. The van der Waals surface area contributed by atoms with E-state index < -0.39 is 5.60 Å². The molecule has 4 rings (SSSR count). The van der Waals surface area contributed by atoms with Crippen LogP contribution in [0, 0.1) is 6.92 Å². The van der Waals surface area contributed by atoms with E-state index in [-0.39, 0.29) is 17.9 Å². The number of aryl methyl sites for hydroxylation is 2. The first-order valence-corrected chi connectivity index (χ1v) is 10.7. The van der Waals surface area contributed by atoms with Crippen molar-refractivity contribution in [3.8, 4) is 0 Å². The molecule has 2 aliphatic rings. The fourth-order valence-corrected chi connectivity index (χ4v) is 4.49. The summed E-state index contributed by atoms with van der Waals surface area (Å²) in [5.74, 6) is 1.32. The summed E-state index contributed by atoms with van der Waals surface area (Å²) in [6.45, 7) is 7.25. The first-order chi connectivity index (χ1) is 14.5. The van der Waals surface area contributed by atoms with Crippen LogP contribution in [0.1, 0.15) is 43.5 Å². The number of hydrogen-bond donors (Lipinski definition) is 0. The predicted molar refractivity (Wildman–Crippen MR) is 113 cm³/mol. The number of ether oxygens (including phenoxy) is 1. The average molecular weight is 411 g/mol. The Morgan fingerprint density at radius 2 is 1.97 bits per heavy atom. The highest BCUT2D eigenvalue weighted by atomic mass is 16.6. The Balaban J connectivity index is 1.28. The minimum atomic E-state index is -0.453. The highest BCUT2D eigenvalue weighted by molar-refractivity contribution is 5.76. The average Bonchev–Trinajstić information content (AvgIpc) is 3.29. The maximum Gasteiger partial charge on any atom is 0.410 e. The zero-order valence-electron chi connectivity index (χ0n) is 17.8. The maximum atomic E-state index is 12.6. The van der Waals surface area contributed by atoms with Gasteiger partial charge in [0.1, 0.15) is 11.4 Å². The number of likely N-dealkylation sites (tertiary alicyclic amines) is 1. The molecule has 2 saturated heterocycles. The van der Waals surface area contributed by atoms with Crippen molar-refractivity contribution in [2.24, 2.45) is 0 Å². The van der Waals surface area contributed by atoms with Crippen molar-refractivity contribution in [3.63, 3.8) is 0 Å². The summed E-state index contributed by atoms with van der Waals surface area (Å²) < 4.78 is 7.83. The second kappa shape index (κ2) is 8.50. The van der Waals surface area contributed by atoms with Crippen LogP contribution in [0.2, 0.25) is 0 Å². The maximum absolute atomic E-state index is 12.6. The zero-order valence-corrected chi connectivity index (χ0v) is 17.8. The lowest BCUT2D eigenvalue weighted by Crippen LogP contribution is -2.49. The van der Waals surface area contributed by atoms with Crippen LogP contribution in [-0.2, 0) is 16.1 Å². The molecule has 2 amide bonds. The van der Waals surface area contributed by atoms with Crippen LogP contribution in [0.5, 0.6) is 0 Å². The number of nitrogens with zero attached hydrogens (tertiary/aromatic N) is 4. The first kappa shape index (κ1) is 20.4. The van der Waals surface area contributed by atoms with Crippen molar-refractivity contribution in [2.45, 2.75) is 51.2 Å². The Hall–Kier alpha value is -2.83. The Morgan fingerprint density at radius 1 is 1.23 bits per heavy atom. The largest absolute Gasteiger partial charge is 0.441 e. The number of rotatable bonds is 6. The molecule has 3 heterocycles. The molecule has 7 nitrogen and oxygen atoms in total. The van der Waals surface area contributed by atoms with E-state index in [1.165, 1.54) is 5.56 Å². The van der Waals surface area contributed by atoms with Crippen molar-refractivity contribution >= 4 is 12.0 Å². The van der Waals surface area contributed by atoms with Gasteiger partial charge in [-0.3, -0.25) is 4.79 Å². The fourth-order valence-electron chi connectivity index (χ4n) is 4.49. The van der Waals surface area contributed by atoms with E-state index in [0.717, 1.165) is 5.82 Å². The summed E-state index contributed by atoms with van der Waals surface area (Å²) in [4.78, 5) is 33.1. The van der Waals surface area contributed by atoms with Gasteiger partial charge in [0, 0.05) is 57.8 Å². The van der Waals surface area contributed by atoms with Gasteiger partial charge in [-0.1, -0.05) is 37.3 Å². The van der Waals surface area contributed by atoms with Crippen LogP contribution < -0.4 is 0 Å². The number of aromatic nitrogens is 2. The van der Waals surface area contributed by atoms with Crippen molar-refractivity contribution in [2.75, 3.05) is 26.2 Å². The topological polar surface area (TPSA) is 67.7 Å². The van der Waals surface area contributed by atoms with Crippen LogP contribution in [0.25, 0.3) is 0 Å². The van der Waals surface area contributed by atoms with Gasteiger partial charge in [-0.2, -0.15) is 0 Å². The summed E-state index contributed by atoms with van der Waals surface area (Å²) in [6, 6.07) is 10.2.